The summed E-state index contributed by atoms with van der Waals surface area (Å²) in [5.74, 6) is 0. The smallest absolute Gasteiger partial charge is 0.0681 e. The molecule has 0 atom stereocenters. The first kappa shape index (κ1) is 9.74. The second kappa shape index (κ2) is 4.15. The lowest BCUT2D eigenvalue weighted by Crippen LogP contribution is -1.89. The predicted molar refractivity (Wildman–Crippen MR) is 62.2 cm³/mol. The number of benzene rings is 2. The number of nitrogens with two attached hydrogens (primary N) is 1. The molecule has 0 radical (unpaired) electrons. The minimum absolute atomic E-state index is 0.0740. The van der Waals surface area contributed by atoms with E-state index in [-0.39, 0.29) is 6.61 Å². The molecule has 0 heterocycles. The van der Waals surface area contributed by atoms with Crippen molar-refractivity contribution in [2.45, 2.75) is 6.61 Å². The minimum atomic E-state index is 0.0740. The summed E-state index contributed by atoms with van der Waals surface area (Å²) in [6, 6.07) is 15.5. The van der Waals surface area contributed by atoms with E-state index in [1.54, 1.807) is 0 Å². The maximum Gasteiger partial charge on any atom is 0.0681 e. The third-order valence-electron chi connectivity index (χ3n) is 2.41. The van der Waals surface area contributed by atoms with Gasteiger partial charge in [0.05, 0.1) is 6.61 Å². The zero-order valence-corrected chi connectivity index (χ0v) is 8.35. The lowest BCUT2D eigenvalue weighted by molar-refractivity contribution is 0.282. The summed E-state index contributed by atoms with van der Waals surface area (Å²) in [6.07, 6.45) is 0. The SMILES string of the molecule is Nc1ccccc1-c1ccc(CO)cc1. The number of hydrogen-bond donors (Lipinski definition) is 2. The molecule has 0 aliphatic rings. The Bertz CT molecular complexity index is 448. The van der Waals surface area contributed by atoms with Crippen LogP contribution in [0.1, 0.15) is 5.56 Å². The van der Waals surface area contributed by atoms with E-state index in [4.69, 9.17) is 10.8 Å². The van der Waals surface area contributed by atoms with E-state index < -0.39 is 0 Å². The average Bonchev–Trinajstić information content (AvgIpc) is 2.30. The Kier molecular flexibility index (Phi) is 2.70. The lowest BCUT2D eigenvalue weighted by Gasteiger charge is -2.05. The van der Waals surface area contributed by atoms with Crippen LogP contribution in [-0.4, -0.2) is 5.11 Å². The first-order valence-electron chi connectivity index (χ1n) is 4.86. The lowest BCUT2D eigenvalue weighted by atomic mass is 10.0. The third kappa shape index (κ3) is 2.00. The molecular weight excluding hydrogens is 186 g/mol. The molecule has 0 aliphatic carbocycles. The number of para-hydroxylation sites is 1. The van der Waals surface area contributed by atoms with Crippen molar-refractivity contribution < 1.29 is 5.11 Å². The Balaban J connectivity index is 2.42. The summed E-state index contributed by atoms with van der Waals surface area (Å²) in [5.41, 5.74) is 9.66. The highest BCUT2D eigenvalue weighted by Gasteiger charge is 2.00. The number of aliphatic hydroxyl groups is 1. The third-order valence-corrected chi connectivity index (χ3v) is 2.41. The maximum absolute atomic E-state index is 8.93. The summed E-state index contributed by atoms with van der Waals surface area (Å²) < 4.78 is 0. The molecule has 2 rings (SSSR count). The van der Waals surface area contributed by atoms with Gasteiger partial charge in [-0.2, -0.15) is 0 Å². The Labute approximate surface area is 89.0 Å². The van der Waals surface area contributed by atoms with Crippen LogP contribution in [0.3, 0.4) is 0 Å². The van der Waals surface area contributed by atoms with Crippen LogP contribution in [0.5, 0.6) is 0 Å². The highest BCUT2D eigenvalue weighted by atomic mass is 16.3. The molecule has 0 saturated heterocycles. The molecule has 0 spiro atoms. The fourth-order valence-corrected chi connectivity index (χ4v) is 1.55. The van der Waals surface area contributed by atoms with Crippen LogP contribution in [0.4, 0.5) is 5.69 Å². The van der Waals surface area contributed by atoms with Gasteiger partial charge in [0.1, 0.15) is 0 Å². The van der Waals surface area contributed by atoms with E-state index >= 15 is 0 Å². The van der Waals surface area contributed by atoms with Gasteiger partial charge in [0.2, 0.25) is 0 Å². The summed E-state index contributed by atoms with van der Waals surface area (Å²) in [6.45, 7) is 0.0740. The van der Waals surface area contributed by atoms with Crippen LogP contribution in [0.25, 0.3) is 11.1 Å². The van der Waals surface area contributed by atoms with Crippen molar-refractivity contribution in [1.29, 1.82) is 0 Å². The average molecular weight is 199 g/mol. The molecule has 0 fully saturated rings. The summed E-state index contributed by atoms with van der Waals surface area (Å²) >= 11 is 0. The van der Waals surface area contributed by atoms with E-state index in [0.717, 1.165) is 22.4 Å². The van der Waals surface area contributed by atoms with Gasteiger partial charge in [0, 0.05) is 11.3 Å². The molecule has 0 amide bonds. The molecule has 15 heavy (non-hydrogen) atoms. The topological polar surface area (TPSA) is 46.2 Å². The van der Waals surface area contributed by atoms with Crippen molar-refractivity contribution in [2.75, 3.05) is 5.73 Å². The Hall–Kier alpha value is -1.80. The Morgan fingerprint density at radius 1 is 0.933 bits per heavy atom. The molecular formula is C13H13NO. The van der Waals surface area contributed by atoms with Gasteiger partial charge in [0.25, 0.3) is 0 Å². The summed E-state index contributed by atoms with van der Waals surface area (Å²) in [5, 5.41) is 8.93. The second-order valence-corrected chi connectivity index (χ2v) is 3.44. The number of rotatable bonds is 2. The summed E-state index contributed by atoms with van der Waals surface area (Å²) in [4.78, 5) is 0. The van der Waals surface area contributed by atoms with E-state index in [1.807, 2.05) is 48.5 Å². The van der Waals surface area contributed by atoms with Gasteiger partial charge in [-0.1, -0.05) is 42.5 Å². The van der Waals surface area contributed by atoms with Gasteiger partial charge in [-0.05, 0) is 17.2 Å². The van der Waals surface area contributed by atoms with Crippen LogP contribution in [0.2, 0.25) is 0 Å². The van der Waals surface area contributed by atoms with E-state index in [9.17, 15) is 0 Å². The highest BCUT2D eigenvalue weighted by molar-refractivity contribution is 5.76. The Morgan fingerprint density at radius 3 is 2.20 bits per heavy atom. The number of anilines is 1. The van der Waals surface area contributed by atoms with Crippen molar-refractivity contribution in [2.24, 2.45) is 0 Å². The fraction of sp³-hybridized carbons (Fsp3) is 0.0769. The molecule has 2 heteroatoms. The van der Waals surface area contributed by atoms with Gasteiger partial charge < -0.3 is 10.8 Å². The predicted octanol–water partition coefficient (Wildman–Crippen LogP) is 2.43. The Morgan fingerprint density at radius 2 is 1.60 bits per heavy atom. The molecule has 0 aromatic heterocycles. The van der Waals surface area contributed by atoms with Gasteiger partial charge in [-0.3, -0.25) is 0 Å². The molecule has 0 bridgehead atoms. The van der Waals surface area contributed by atoms with Crippen LogP contribution in [-0.2, 0) is 6.61 Å². The summed E-state index contributed by atoms with van der Waals surface area (Å²) in [7, 11) is 0. The molecule has 0 saturated carbocycles. The van der Waals surface area contributed by atoms with Crippen LogP contribution in [0, 0.1) is 0 Å². The maximum atomic E-state index is 8.93. The van der Waals surface area contributed by atoms with Gasteiger partial charge >= 0.3 is 0 Å². The standard InChI is InChI=1S/C13H13NO/c14-13-4-2-1-3-12(13)11-7-5-10(9-15)6-8-11/h1-8,15H,9,14H2. The van der Waals surface area contributed by atoms with Crippen molar-refractivity contribution in [1.82, 2.24) is 0 Å². The minimum Gasteiger partial charge on any atom is -0.398 e. The molecule has 0 unspecified atom stereocenters. The molecule has 2 aromatic carbocycles. The number of hydrogen-bond acceptors (Lipinski definition) is 2. The van der Waals surface area contributed by atoms with Crippen molar-refractivity contribution in [3.8, 4) is 11.1 Å². The zero-order chi connectivity index (χ0) is 10.7. The first-order valence-corrected chi connectivity index (χ1v) is 4.86. The molecule has 2 aromatic rings. The van der Waals surface area contributed by atoms with Crippen molar-refractivity contribution >= 4 is 5.69 Å². The van der Waals surface area contributed by atoms with Crippen molar-refractivity contribution in [3.63, 3.8) is 0 Å². The fourth-order valence-electron chi connectivity index (χ4n) is 1.55. The first-order chi connectivity index (χ1) is 7.31. The molecule has 2 nitrogen and oxygen atoms in total. The van der Waals surface area contributed by atoms with Gasteiger partial charge in [-0.25, -0.2) is 0 Å². The second-order valence-electron chi connectivity index (χ2n) is 3.44. The van der Waals surface area contributed by atoms with Crippen molar-refractivity contribution in [3.05, 3.63) is 54.1 Å². The van der Waals surface area contributed by atoms with E-state index in [0.29, 0.717) is 0 Å². The largest absolute Gasteiger partial charge is 0.398 e. The number of nitrogen functional groups attached to an aromatic ring is 1. The highest BCUT2D eigenvalue weighted by Crippen LogP contribution is 2.25. The van der Waals surface area contributed by atoms with Gasteiger partial charge in [-0.15, -0.1) is 0 Å². The quantitative estimate of drug-likeness (QED) is 0.730. The van der Waals surface area contributed by atoms with E-state index in [2.05, 4.69) is 0 Å². The zero-order valence-electron chi connectivity index (χ0n) is 8.35. The molecule has 3 N–H and O–H groups in total. The van der Waals surface area contributed by atoms with E-state index in [1.165, 1.54) is 0 Å². The van der Waals surface area contributed by atoms with Crippen LogP contribution >= 0.6 is 0 Å². The molecule has 0 aliphatic heterocycles. The van der Waals surface area contributed by atoms with Crippen LogP contribution < -0.4 is 5.73 Å². The van der Waals surface area contributed by atoms with Gasteiger partial charge in [0.15, 0.2) is 0 Å². The van der Waals surface area contributed by atoms with Crippen LogP contribution in [0.15, 0.2) is 48.5 Å². The molecule has 76 valence electrons. The monoisotopic (exact) mass is 199 g/mol. The number of aliphatic hydroxyl groups excluding tert-OH is 1. The normalized spacial score (nSPS) is 10.2.